The highest BCUT2D eigenvalue weighted by atomic mass is 15.1. The molecule has 1 aromatic carbocycles. The number of fused-ring (bicyclic) bond motifs is 1. The molecule has 3 heterocycles. The highest BCUT2D eigenvalue weighted by Gasteiger charge is 2.14. The first-order valence-electron chi connectivity index (χ1n) is 10.2. The van der Waals surface area contributed by atoms with Crippen LogP contribution in [0.5, 0.6) is 0 Å². The Kier molecular flexibility index (Phi) is 5.45. The first kappa shape index (κ1) is 19.3. The average Bonchev–Trinajstić information content (AvgIpc) is 3.05. The number of piperidine rings is 1. The standard InChI is InChI=1S/C23H28N6/c1-14-10-18(11-15(2)27-14)23-16(3)20-5-4-17(12-21(20)28-23)22(29-24)13-26-19-6-8-25-9-7-19/h4-5,10-13,19,25,28H,6-9,24H2,1-3H3/b26-13?,29-22+. The number of nitrogens with two attached hydrogens (primary N) is 1. The van der Waals surface area contributed by atoms with Gasteiger partial charge in [-0.05, 0) is 70.5 Å². The van der Waals surface area contributed by atoms with Gasteiger partial charge in [-0.25, -0.2) is 0 Å². The summed E-state index contributed by atoms with van der Waals surface area (Å²) in [6.45, 7) is 8.23. The fraction of sp³-hybridized carbons (Fsp3) is 0.348. The van der Waals surface area contributed by atoms with E-state index in [2.05, 4.69) is 57.6 Å². The molecule has 0 amide bonds. The summed E-state index contributed by atoms with van der Waals surface area (Å²) in [4.78, 5) is 12.8. The lowest BCUT2D eigenvalue weighted by Crippen LogP contribution is -2.30. The van der Waals surface area contributed by atoms with Crippen LogP contribution in [0.1, 0.15) is 35.4 Å². The van der Waals surface area contributed by atoms with Crippen molar-refractivity contribution in [2.45, 2.75) is 39.7 Å². The molecule has 0 aliphatic carbocycles. The molecule has 2 aromatic heterocycles. The quantitative estimate of drug-likeness (QED) is 0.362. The van der Waals surface area contributed by atoms with E-state index in [4.69, 9.17) is 10.8 Å². The second-order valence-electron chi connectivity index (χ2n) is 7.80. The molecule has 6 nitrogen and oxygen atoms in total. The third-order valence-corrected chi connectivity index (χ3v) is 5.58. The van der Waals surface area contributed by atoms with Gasteiger partial charge in [0.15, 0.2) is 0 Å². The number of H-pyrrole nitrogens is 1. The normalized spacial score (nSPS) is 16.2. The molecule has 0 radical (unpaired) electrons. The third-order valence-electron chi connectivity index (χ3n) is 5.58. The smallest absolute Gasteiger partial charge is 0.108 e. The number of aromatic amines is 1. The minimum Gasteiger partial charge on any atom is -0.354 e. The Labute approximate surface area is 171 Å². The number of aromatic nitrogens is 2. The van der Waals surface area contributed by atoms with Crippen LogP contribution in [0.15, 0.2) is 40.4 Å². The molecule has 1 saturated heterocycles. The molecule has 0 atom stereocenters. The SMILES string of the molecule is Cc1cc(-c2[nH]c3cc(/C(C=NC4CCNCC4)=N/N)ccc3c2C)cc(C)n1. The zero-order valence-electron chi connectivity index (χ0n) is 17.3. The van der Waals surface area contributed by atoms with Crippen LogP contribution >= 0.6 is 0 Å². The van der Waals surface area contributed by atoms with Gasteiger partial charge in [0.25, 0.3) is 0 Å². The predicted octanol–water partition coefficient (Wildman–Crippen LogP) is 3.64. The van der Waals surface area contributed by atoms with Gasteiger partial charge in [0.2, 0.25) is 0 Å². The van der Waals surface area contributed by atoms with Gasteiger partial charge < -0.3 is 16.1 Å². The van der Waals surface area contributed by atoms with E-state index in [-0.39, 0.29) is 0 Å². The number of hydrazone groups is 1. The molecule has 3 aromatic rings. The molecular weight excluding hydrogens is 360 g/mol. The molecule has 1 aliphatic rings. The van der Waals surface area contributed by atoms with E-state index in [0.717, 1.165) is 59.7 Å². The van der Waals surface area contributed by atoms with Crippen LogP contribution in [0.25, 0.3) is 22.2 Å². The summed E-state index contributed by atoms with van der Waals surface area (Å²) >= 11 is 0. The Bertz CT molecular complexity index is 1070. The Hall–Kier alpha value is -2.99. The Morgan fingerprint density at radius 1 is 1.10 bits per heavy atom. The third kappa shape index (κ3) is 4.07. The second kappa shape index (κ2) is 8.17. The van der Waals surface area contributed by atoms with Crippen molar-refractivity contribution in [3.63, 3.8) is 0 Å². The number of aliphatic imine (C=N–C) groups is 1. The predicted molar refractivity (Wildman–Crippen MR) is 121 cm³/mol. The van der Waals surface area contributed by atoms with Crippen molar-refractivity contribution >= 4 is 22.8 Å². The first-order valence-corrected chi connectivity index (χ1v) is 10.2. The van der Waals surface area contributed by atoms with Crippen molar-refractivity contribution in [1.82, 2.24) is 15.3 Å². The minimum atomic E-state index is 0.342. The lowest BCUT2D eigenvalue weighted by molar-refractivity contribution is 0.461. The molecule has 0 spiro atoms. The molecule has 150 valence electrons. The fourth-order valence-corrected chi connectivity index (χ4v) is 4.08. The molecule has 0 unspecified atom stereocenters. The Balaban J connectivity index is 1.67. The molecule has 0 bridgehead atoms. The van der Waals surface area contributed by atoms with Crippen molar-refractivity contribution in [1.29, 1.82) is 0 Å². The summed E-state index contributed by atoms with van der Waals surface area (Å²) in [5.41, 5.74) is 8.29. The summed E-state index contributed by atoms with van der Waals surface area (Å²) in [6, 6.07) is 10.9. The average molecular weight is 389 g/mol. The molecular formula is C23H28N6. The van der Waals surface area contributed by atoms with E-state index in [1.807, 2.05) is 20.1 Å². The highest BCUT2D eigenvalue weighted by molar-refractivity contribution is 6.38. The van der Waals surface area contributed by atoms with Crippen LogP contribution in [-0.2, 0) is 0 Å². The van der Waals surface area contributed by atoms with Crippen LogP contribution in [-0.4, -0.2) is 41.0 Å². The molecule has 4 N–H and O–H groups in total. The summed E-state index contributed by atoms with van der Waals surface area (Å²) in [7, 11) is 0. The maximum atomic E-state index is 5.69. The van der Waals surface area contributed by atoms with Crippen LogP contribution in [0.3, 0.4) is 0 Å². The second-order valence-corrected chi connectivity index (χ2v) is 7.80. The van der Waals surface area contributed by atoms with E-state index in [0.29, 0.717) is 11.8 Å². The molecule has 0 saturated carbocycles. The van der Waals surface area contributed by atoms with Gasteiger partial charge in [-0.2, -0.15) is 5.10 Å². The summed E-state index contributed by atoms with van der Waals surface area (Å²) in [5.74, 6) is 5.69. The first-order chi connectivity index (χ1) is 14.0. The lowest BCUT2D eigenvalue weighted by Gasteiger charge is -2.18. The lowest BCUT2D eigenvalue weighted by atomic mass is 10.0. The summed E-state index contributed by atoms with van der Waals surface area (Å²) < 4.78 is 0. The number of pyridine rings is 1. The molecule has 6 heteroatoms. The van der Waals surface area contributed by atoms with Crippen LogP contribution in [0, 0.1) is 20.8 Å². The summed E-state index contributed by atoms with van der Waals surface area (Å²) in [6.07, 6.45) is 3.93. The van der Waals surface area contributed by atoms with Gasteiger partial charge >= 0.3 is 0 Å². The van der Waals surface area contributed by atoms with Crippen molar-refractivity contribution < 1.29 is 0 Å². The maximum absolute atomic E-state index is 5.69. The zero-order valence-corrected chi connectivity index (χ0v) is 17.3. The van der Waals surface area contributed by atoms with Crippen LogP contribution in [0.4, 0.5) is 0 Å². The number of nitrogens with zero attached hydrogens (tertiary/aromatic N) is 3. The topological polar surface area (TPSA) is 91.5 Å². The number of aryl methyl sites for hydroxylation is 3. The number of rotatable bonds is 4. The minimum absolute atomic E-state index is 0.342. The van der Waals surface area contributed by atoms with Gasteiger partial charge in [0, 0.05) is 45.3 Å². The Morgan fingerprint density at radius 3 is 2.52 bits per heavy atom. The zero-order chi connectivity index (χ0) is 20.4. The van der Waals surface area contributed by atoms with Crippen molar-refractivity contribution in [2.75, 3.05) is 13.1 Å². The van der Waals surface area contributed by atoms with E-state index in [1.165, 1.54) is 10.9 Å². The van der Waals surface area contributed by atoms with Crippen molar-refractivity contribution in [2.24, 2.45) is 15.9 Å². The van der Waals surface area contributed by atoms with E-state index < -0.39 is 0 Å². The van der Waals surface area contributed by atoms with Crippen molar-refractivity contribution in [3.8, 4) is 11.3 Å². The van der Waals surface area contributed by atoms with Gasteiger partial charge in [0.1, 0.15) is 5.71 Å². The Morgan fingerprint density at radius 2 is 1.83 bits per heavy atom. The molecule has 4 rings (SSSR count). The number of hydrogen-bond donors (Lipinski definition) is 3. The number of nitrogens with one attached hydrogen (secondary N) is 2. The monoisotopic (exact) mass is 388 g/mol. The van der Waals surface area contributed by atoms with E-state index in [1.54, 1.807) is 0 Å². The number of benzene rings is 1. The molecule has 1 fully saturated rings. The van der Waals surface area contributed by atoms with Crippen molar-refractivity contribution in [3.05, 3.63) is 52.8 Å². The summed E-state index contributed by atoms with van der Waals surface area (Å²) in [5, 5.41) is 8.55. The molecule has 29 heavy (non-hydrogen) atoms. The largest absolute Gasteiger partial charge is 0.354 e. The van der Waals surface area contributed by atoms with Crippen LogP contribution in [0.2, 0.25) is 0 Å². The van der Waals surface area contributed by atoms with Gasteiger partial charge in [-0.1, -0.05) is 12.1 Å². The van der Waals surface area contributed by atoms with Gasteiger partial charge in [-0.3, -0.25) is 9.98 Å². The van der Waals surface area contributed by atoms with Crippen LogP contribution < -0.4 is 11.2 Å². The molecule has 1 aliphatic heterocycles. The fourth-order valence-electron chi connectivity index (χ4n) is 4.08. The highest BCUT2D eigenvalue weighted by Crippen LogP contribution is 2.30. The maximum Gasteiger partial charge on any atom is 0.108 e. The number of hydrogen-bond acceptors (Lipinski definition) is 5. The van der Waals surface area contributed by atoms with Gasteiger partial charge in [0.05, 0.1) is 6.04 Å². The van der Waals surface area contributed by atoms with E-state index in [9.17, 15) is 0 Å². The van der Waals surface area contributed by atoms with E-state index >= 15 is 0 Å². The van der Waals surface area contributed by atoms with Gasteiger partial charge in [-0.15, -0.1) is 0 Å².